The molecule has 1 aromatic rings. The molecule has 0 aliphatic carbocycles. The number of rotatable bonds is 1. The minimum atomic E-state index is -0.529. The molecule has 5 heteroatoms. The third kappa shape index (κ3) is 3.44. The summed E-state index contributed by atoms with van der Waals surface area (Å²) in [6, 6.07) is 1.89. The summed E-state index contributed by atoms with van der Waals surface area (Å²) < 4.78 is 5.35. The molecule has 104 valence electrons. The average Bonchev–Trinajstić information content (AvgIpc) is 2.75. The van der Waals surface area contributed by atoms with Crippen molar-refractivity contribution in [3.63, 3.8) is 0 Å². The fourth-order valence-corrected chi connectivity index (χ4v) is 2.02. The Kier molecular flexibility index (Phi) is 3.75. The van der Waals surface area contributed by atoms with Gasteiger partial charge in [-0.1, -0.05) is 6.07 Å². The Morgan fingerprint density at radius 3 is 2.84 bits per heavy atom. The second kappa shape index (κ2) is 5.17. The number of hydrogen-bond donors (Lipinski definition) is 0. The number of hydrogen-bond acceptors (Lipinski definition) is 4. The largest absolute Gasteiger partial charge is 0.442 e. The molecule has 1 aliphatic rings. The van der Waals surface area contributed by atoms with E-state index in [9.17, 15) is 4.79 Å². The molecular weight excluding hydrogens is 244 g/mol. The van der Waals surface area contributed by atoms with Gasteiger partial charge in [0.1, 0.15) is 5.60 Å². The van der Waals surface area contributed by atoms with Crippen molar-refractivity contribution >= 4 is 6.09 Å². The van der Waals surface area contributed by atoms with Crippen LogP contribution in [-0.2, 0) is 9.57 Å². The molecule has 0 aromatic carbocycles. The lowest BCUT2D eigenvalue weighted by Gasteiger charge is -2.27. The van der Waals surface area contributed by atoms with Gasteiger partial charge in [0.25, 0.3) is 0 Å². The summed E-state index contributed by atoms with van der Waals surface area (Å²) in [5, 5.41) is 1.32. The van der Waals surface area contributed by atoms with Crippen molar-refractivity contribution in [2.24, 2.45) is 0 Å². The highest BCUT2D eigenvalue weighted by Crippen LogP contribution is 2.31. The fourth-order valence-electron chi connectivity index (χ4n) is 2.02. The Labute approximate surface area is 113 Å². The molecule has 0 unspecified atom stereocenters. The van der Waals surface area contributed by atoms with E-state index >= 15 is 0 Å². The summed E-state index contributed by atoms with van der Waals surface area (Å²) in [4.78, 5) is 21.6. The first-order chi connectivity index (χ1) is 8.87. The highest BCUT2D eigenvalue weighted by molar-refractivity contribution is 5.67. The first kappa shape index (κ1) is 13.8. The maximum Gasteiger partial charge on any atom is 0.435 e. The lowest BCUT2D eigenvalue weighted by molar-refractivity contribution is -0.125. The Bertz CT molecular complexity index is 468. The summed E-state index contributed by atoms with van der Waals surface area (Å²) in [6.45, 7) is 8.00. The van der Waals surface area contributed by atoms with Gasteiger partial charge in [-0.05, 0) is 38.8 Å². The highest BCUT2D eigenvalue weighted by Gasteiger charge is 2.35. The maximum absolute atomic E-state index is 12.1. The highest BCUT2D eigenvalue weighted by atomic mass is 16.7. The number of amides is 1. The molecule has 19 heavy (non-hydrogen) atoms. The van der Waals surface area contributed by atoms with Crippen molar-refractivity contribution < 1.29 is 14.4 Å². The van der Waals surface area contributed by atoms with Gasteiger partial charge >= 0.3 is 6.09 Å². The average molecular weight is 264 g/mol. The van der Waals surface area contributed by atoms with Gasteiger partial charge in [-0.2, -0.15) is 5.06 Å². The first-order valence-electron chi connectivity index (χ1n) is 6.43. The summed E-state index contributed by atoms with van der Waals surface area (Å²) in [6.07, 6.45) is 3.86. The zero-order valence-corrected chi connectivity index (χ0v) is 11.8. The first-order valence-corrected chi connectivity index (χ1v) is 6.43. The SMILES string of the molecule is Cc1cncc([C@@H]2CCON2C(=O)OC(C)(C)C)c1. The van der Waals surface area contributed by atoms with Crippen LogP contribution in [0, 0.1) is 6.92 Å². The van der Waals surface area contributed by atoms with Gasteiger partial charge < -0.3 is 4.74 Å². The molecule has 0 saturated carbocycles. The van der Waals surface area contributed by atoms with E-state index in [2.05, 4.69) is 4.98 Å². The van der Waals surface area contributed by atoms with E-state index in [1.165, 1.54) is 5.06 Å². The minimum Gasteiger partial charge on any atom is -0.442 e. The van der Waals surface area contributed by atoms with Gasteiger partial charge in [0, 0.05) is 18.8 Å². The Hall–Kier alpha value is -1.62. The molecule has 1 aliphatic heterocycles. The van der Waals surface area contributed by atoms with Gasteiger partial charge in [-0.25, -0.2) is 4.79 Å². The molecule has 0 radical (unpaired) electrons. The number of ether oxygens (including phenoxy) is 1. The van der Waals surface area contributed by atoms with Crippen LogP contribution < -0.4 is 0 Å². The molecule has 1 saturated heterocycles. The fraction of sp³-hybridized carbons (Fsp3) is 0.571. The Balaban J connectivity index is 2.15. The van der Waals surface area contributed by atoms with Crippen LogP contribution in [-0.4, -0.2) is 28.3 Å². The molecule has 0 N–H and O–H groups in total. The number of carbonyl (C=O) groups excluding carboxylic acids is 1. The molecule has 1 fully saturated rings. The lowest BCUT2D eigenvalue weighted by atomic mass is 10.1. The van der Waals surface area contributed by atoms with Crippen LogP contribution in [0.3, 0.4) is 0 Å². The van der Waals surface area contributed by atoms with Gasteiger partial charge in [-0.3, -0.25) is 9.82 Å². The number of pyridine rings is 1. The predicted octanol–water partition coefficient (Wildman–Crippen LogP) is 3.00. The van der Waals surface area contributed by atoms with Crippen molar-refractivity contribution in [2.75, 3.05) is 6.61 Å². The monoisotopic (exact) mass is 264 g/mol. The molecular formula is C14H20N2O3. The van der Waals surface area contributed by atoms with Crippen molar-refractivity contribution in [1.29, 1.82) is 0 Å². The molecule has 0 bridgehead atoms. The van der Waals surface area contributed by atoms with Crippen LogP contribution in [0.5, 0.6) is 0 Å². The second-order valence-electron chi connectivity index (χ2n) is 5.74. The van der Waals surface area contributed by atoms with Crippen molar-refractivity contribution in [1.82, 2.24) is 10.0 Å². The van der Waals surface area contributed by atoms with E-state index < -0.39 is 11.7 Å². The summed E-state index contributed by atoms with van der Waals surface area (Å²) in [5.41, 5.74) is 1.51. The summed E-state index contributed by atoms with van der Waals surface area (Å²) >= 11 is 0. The van der Waals surface area contributed by atoms with Crippen LogP contribution >= 0.6 is 0 Å². The number of nitrogens with zero attached hydrogens (tertiary/aromatic N) is 2. The van der Waals surface area contributed by atoms with E-state index in [1.807, 2.05) is 33.8 Å². The third-order valence-corrected chi connectivity index (χ3v) is 2.76. The number of carbonyl (C=O) groups is 1. The third-order valence-electron chi connectivity index (χ3n) is 2.76. The van der Waals surface area contributed by atoms with Crippen molar-refractivity contribution in [3.05, 3.63) is 29.6 Å². The van der Waals surface area contributed by atoms with Crippen LogP contribution in [0.2, 0.25) is 0 Å². The Morgan fingerprint density at radius 2 is 2.21 bits per heavy atom. The second-order valence-corrected chi connectivity index (χ2v) is 5.74. The Morgan fingerprint density at radius 1 is 1.47 bits per heavy atom. The smallest absolute Gasteiger partial charge is 0.435 e. The molecule has 1 atom stereocenters. The normalized spacial score (nSPS) is 19.6. The van der Waals surface area contributed by atoms with Gasteiger partial charge in [0.2, 0.25) is 0 Å². The molecule has 1 aromatic heterocycles. The molecule has 0 spiro atoms. The maximum atomic E-state index is 12.1. The molecule has 2 heterocycles. The number of hydroxylamine groups is 2. The van der Waals surface area contributed by atoms with Crippen LogP contribution in [0.4, 0.5) is 4.79 Å². The van der Waals surface area contributed by atoms with Crippen LogP contribution in [0.15, 0.2) is 18.5 Å². The molecule has 2 rings (SSSR count). The van der Waals surface area contributed by atoms with Crippen LogP contribution in [0.1, 0.15) is 44.4 Å². The van der Waals surface area contributed by atoms with E-state index in [-0.39, 0.29) is 6.04 Å². The lowest BCUT2D eigenvalue weighted by Crippen LogP contribution is -2.35. The minimum absolute atomic E-state index is 0.123. The summed E-state index contributed by atoms with van der Waals surface area (Å²) in [5.74, 6) is 0. The van der Waals surface area contributed by atoms with Crippen LogP contribution in [0.25, 0.3) is 0 Å². The van der Waals surface area contributed by atoms with E-state index in [0.717, 1.165) is 17.5 Å². The zero-order chi connectivity index (χ0) is 14.0. The van der Waals surface area contributed by atoms with E-state index in [1.54, 1.807) is 12.4 Å². The van der Waals surface area contributed by atoms with E-state index in [0.29, 0.717) is 6.61 Å². The molecule has 1 amide bonds. The number of aromatic nitrogens is 1. The van der Waals surface area contributed by atoms with Gasteiger partial charge in [-0.15, -0.1) is 0 Å². The van der Waals surface area contributed by atoms with Crippen molar-refractivity contribution in [2.45, 2.75) is 45.8 Å². The van der Waals surface area contributed by atoms with Crippen molar-refractivity contribution in [3.8, 4) is 0 Å². The molecule has 5 nitrogen and oxygen atoms in total. The number of aryl methyl sites for hydroxylation is 1. The standard InChI is InChI=1S/C14H20N2O3/c1-10-7-11(9-15-8-10)12-5-6-18-16(12)13(17)19-14(2,3)4/h7-9,12H,5-6H2,1-4H3/t12-/m0/s1. The van der Waals surface area contributed by atoms with Gasteiger partial charge in [0.15, 0.2) is 0 Å². The zero-order valence-electron chi connectivity index (χ0n) is 11.8. The predicted molar refractivity (Wildman–Crippen MR) is 70.4 cm³/mol. The van der Waals surface area contributed by atoms with E-state index in [4.69, 9.17) is 9.57 Å². The summed E-state index contributed by atoms with van der Waals surface area (Å²) in [7, 11) is 0. The topological polar surface area (TPSA) is 51.7 Å². The van der Waals surface area contributed by atoms with Gasteiger partial charge in [0.05, 0.1) is 12.6 Å². The quantitative estimate of drug-likeness (QED) is 0.782.